The van der Waals surface area contributed by atoms with Gasteiger partial charge in [0.2, 0.25) is 0 Å². The minimum Gasteiger partial charge on any atom is -0.493 e. The molecule has 0 fully saturated rings. The highest BCUT2D eigenvalue weighted by atomic mass is 16.5. The Morgan fingerprint density at radius 3 is 2.65 bits per heavy atom. The Labute approximate surface area is 158 Å². The molecule has 1 heterocycles. The van der Waals surface area contributed by atoms with Gasteiger partial charge < -0.3 is 19.5 Å². The molecular formula is C21H34N2O3. The molecule has 0 saturated heterocycles. The number of benzene rings is 1. The van der Waals surface area contributed by atoms with Crippen LogP contribution in [0, 0.1) is 0 Å². The molecule has 0 saturated carbocycles. The summed E-state index contributed by atoms with van der Waals surface area (Å²) in [6.45, 7) is 10.2. The van der Waals surface area contributed by atoms with Gasteiger partial charge in [0.25, 0.3) is 0 Å². The highest BCUT2D eigenvalue weighted by Gasteiger charge is 2.15. The maximum atomic E-state index is 10.2. The lowest BCUT2D eigenvalue weighted by Gasteiger charge is -2.26. The monoisotopic (exact) mass is 362 g/mol. The molecule has 1 atom stereocenters. The molecule has 1 aliphatic heterocycles. The van der Waals surface area contributed by atoms with E-state index >= 15 is 0 Å². The van der Waals surface area contributed by atoms with E-state index in [0.717, 1.165) is 31.8 Å². The van der Waals surface area contributed by atoms with Crippen molar-refractivity contribution in [3.8, 4) is 11.5 Å². The zero-order chi connectivity index (χ0) is 19.1. The summed E-state index contributed by atoms with van der Waals surface area (Å²) in [6.07, 6.45) is 2.91. The van der Waals surface area contributed by atoms with E-state index in [1.165, 1.54) is 11.1 Å². The lowest BCUT2D eigenvalue weighted by molar-refractivity contribution is 0.0668. The third kappa shape index (κ3) is 6.31. The fraction of sp³-hybridized carbons (Fsp3) is 0.619. The van der Waals surface area contributed by atoms with Crippen LogP contribution in [0.4, 0.5) is 0 Å². The molecule has 5 nitrogen and oxygen atoms in total. The van der Waals surface area contributed by atoms with Gasteiger partial charge in [-0.2, -0.15) is 0 Å². The van der Waals surface area contributed by atoms with E-state index in [-0.39, 0.29) is 6.61 Å². The summed E-state index contributed by atoms with van der Waals surface area (Å²) in [4.78, 5) is 4.52. The van der Waals surface area contributed by atoms with Crippen LogP contribution in [-0.2, 0) is 6.54 Å². The Balaban J connectivity index is 1.91. The second kappa shape index (κ2) is 9.95. The number of nitrogens with zero attached hydrogens (tertiary/aromatic N) is 2. The summed E-state index contributed by atoms with van der Waals surface area (Å²) in [7, 11) is 3.66. The largest absolute Gasteiger partial charge is 0.493 e. The highest BCUT2D eigenvalue weighted by Crippen LogP contribution is 2.29. The third-order valence-electron chi connectivity index (χ3n) is 4.97. The van der Waals surface area contributed by atoms with Gasteiger partial charge in [0, 0.05) is 32.2 Å². The molecule has 26 heavy (non-hydrogen) atoms. The molecule has 0 aromatic heterocycles. The van der Waals surface area contributed by atoms with E-state index in [2.05, 4.69) is 42.7 Å². The summed E-state index contributed by atoms with van der Waals surface area (Å²) in [5.41, 5.74) is 2.69. The van der Waals surface area contributed by atoms with Crippen LogP contribution >= 0.6 is 0 Å². The number of ether oxygens (including phenoxy) is 2. The quantitative estimate of drug-likeness (QED) is 0.685. The van der Waals surface area contributed by atoms with Gasteiger partial charge in [-0.25, -0.2) is 0 Å². The normalized spacial score (nSPS) is 16.7. The van der Waals surface area contributed by atoms with Crippen molar-refractivity contribution in [3.05, 3.63) is 35.4 Å². The Bertz CT molecular complexity index is 601. The van der Waals surface area contributed by atoms with E-state index in [1.807, 2.05) is 19.2 Å². The van der Waals surface area contributed by atoms with Crippen molar-refractivity contribution >= 4 is 0 Å². The van der Waals surface area contributed by atoms with Crippen LogP contribution in [0.3, 0.4) is 0 Å². The average molecular weight is 363 g/mol. The van der Waals surface area contributed by atoms with Gasteiger partial charge in [-0.3, -0.25) is 4.90 Å². The molecule has 0 aliphatic carbocycles. The van der Waals surface area contributed by atoms with E-state index in [1.54, 1.807) is 7.11 Å². The molecule has 0 radical (unpaired) electrons. The summed E-state index contributed by atoms with van der Waals surface area (Å²) in [5.74, 6) is 1.40. The van der Waals surface area contributed by atoms with Crippen molar-refractivity contribution in [2.75, 3.05) is 40.4 Å². The molecule has 2 rings (SSSR count). The number of methoxy groups -OCH3 is 1. The molecule has 0 spiro atoms. The van der Waals surface area contributed by atoms with Crippen molar-refractivity contribution in [2.45, 2.75) is 45.9 Å². The van der Waals surface area contributed by atoms with E-state index in [0.29, 0.717) is 18.3 Å². The number of aliphatic hydroxyl groups excluding tert-OH is 1. The summed E-state index contributed by atoms with van der Waals surface area (Å²) in [5, 5.41) is 10.2. The zero-order valence-corrected chi connectivity index (χ0v) is 16.9. The van der Waals surface area contributed by atoms with Crippen LogP contribution in [0.25, 0.3) is 0 Å². The first-order chi connectivity index (χ1) is 12.4. The number of likely N-dealkylation sites (N-methyl/N-ethyl adjacent to an activating group) is 1. The second-order valence-electron chi connectivity index (χ2n) is 7.52. The molecule has 1 aromatic rings. The fourth-order valence-electron chi connectivity index (χ4n) is 2.93. The van der Waals surface area contributed by atoms with Gasteiger partial charge in [0.15, 0.2) is 11.5 Å². The van der Waals surface area contributed by atoms with Gasteiger partial charge in [0.1, 0.15) is 12.7 Å². The number of hydrogen-bond acceptors (Lipinski definition) is 5. The third-order valence-corrected chi connectivity index (χ3v) is 4.97. The Morgan fingerprint density at radius 1 is 1.27 bits per heavy atom. The van der Waals surface area contributed by atoms with Crippen molar-refractivity contribution in [1.29, 1.82) is 0 Å². The molecule has 0 unspecified atom stereocenters. The van der Waals surface area contributed by atoms with Crippen molar-refractivity contribution in [3.63, 3.8) is 0 Å². The first kappa shape index (κ1) is 20.7. The molecule has 1 aromatic carbocycles. The average Bonchev–Trinajstić information content (AvgIpc) is 2.62. The molecule has 0 bridgehead atoms. The lowest BCUT2D eigenvalue weighted by Crippen LogP contribution is -2.37. The molecule has 5 heteroatoms. The number of hydrogen-bond donors (Lipinski definition) is 1. The predicted octanol–water partition coefficient (Wildman–Crippen LogP) is 2.93. The smallest absolute Gasteiger partial charge is 0.161 e. The fourth-order valence-corrected chi connectivity index (χ4v) is 2.93. The molecule has 146 valence electrons. The van der Waals surface area contributed by atoms with E-state index < -0.39 is 6.10 Å². The minimum absolute atomic E-state index is 0.253. The summed E-state index contributed by atoms with van der Waals surface area (Å²) >= 11 is 0. The van der Waals surface area contributed by atoms with Crippen LogP contribution in [0.5, 0.6) is 11.5 Å². The maximum Gasteiger partial charge on any atom is 0.161 e. The summed E-state index contributed by atoms with van der Waals surface area (Å²) < 4.78 is 11.3. The number of rotatable bonds is 9. The van der Waals surface area contributed by atoms with Crippen LogP contribution in [0.15, 0.2) is 29.8 Å². The molecule has 0 amide bonds. The number of aliphatic hydroxyl groups is 1. The topological polar surface area (TPSA) is 45.2 Å². The molecule has 1 N–H and O–H groups in total. The first-order valence-electron chi connectivity index (χ1n) is 9.45. The molecule has 1 aliphatic rings. The van der Waals surface area contributed by atoms with Gasteiger partial charge in [-0.1, -0.05) is 17.7 Å². The predicted molar refractivity (Wildman–Crippen MR) is 106 cm³/mol. The highest BCUT2D eigenvalue weighted by molar-refractivity contribution is 5.43. The first-order valence-corrected chi connectivity index (χ1v) is 9.45. The summed E-state index contributed by atoms with van der Waals surface area (Å²) in [6, 6.07) is 6.45. The minimum atomic E-state index is -0.532. The van der Waals surface area contributed by atoms with Crippen LogP contribution in [-0.4, -0.2) is 67.5 Å². The second-order valence-corrected chi connectivity index (χ2v) is 7.52. The Morgan fingerprint density at radius 2 is 2.04 bits per heavy atom. The van der Waals surface area contributed by atoms with Crippen LogP contribution < -0.4 is 9.47 Å². The van der Waals surface area contributed by atoms with Gasteiger partial charge >= 0.3 is 0 Å². The van der Waals surface area contributed by atoms with Gasteiger partial charge in [-0.15, -0.1) is 0 Å². The SMILES string of the molecule is COc1cc(CN2CC=C(C)CC2)ccc1OC[C@@H](O)CN(C)C(C)C. The van der Waals surface area contributed by atoms with Crippen molar-refractivity contribution in [1.82, 2.24) is 9.80 Å². The van der Waals surface area contributed by atoms with Gasteiger partial charge in [0.05, 0.1) is 7.11 Å². The maximum absolute atomic E-state index is 10.2. The lowest BCUT2D eigenvalue weighted by atomic mass is 10.1. The van der Waals surface area contributed by atoms with Crippen LogP contribution in [0.2, 0.25) is 0 Å². The van der Waals surface area contributed by atoms with Crippen molar-refractivity contribution < 1.29 is 14.6 Å². The van der Waals surface area contributed by atoms with Crippen LogP contribution in [0.1, 0.15) is 32.8 Å². The molecular weight excluding hydrogens is 328 g/mol. The van der Waals surface area contributed by atoms with Crippen molar-refractivity contribution in [2.24, 2.45) is 0 Å². The Kier molecular flexibility index (Phi) is 7.94. The van der Waals surface area contributed by atoms with E-state index in [9.17, 15) is 5.11 Å². The Hall–Kier alpha value is -1.56. The zero-order valence-electron chi connectivity index (χ0n) is 16.9. The van der Waals surface area contributed by atoms with Gasteiger partial charge in [-0.05, 0) is 51.9 Å². The standard InChI is InChI=1S/C21H34N2O3/c1-16(2)22(4)14-19(24)15-26-20-7-6-18(12-21(20)25-5)13-23-10-8-17(3)9-11-23/h6-8,12,16,19,24H,9-11,13-15H2,1-5H3/t19-/m0/s1. The van der Waals surface area contributed by atoms with E-state index in [4.69, 9.17) is 9.47 Å².